The van der Waals surface area contributed by atoms with Crippen LogP contribution in [0.3, 0.4) is 0 Å². The van der Waals surface area contributed by atoms with E-state index in [1.54, 1.807) is 0 Å². The van der Waals surface area contributed by atoms with E-state index in [1.807, 2.05) is 30.3 Å². The number of hydrogen-bond acceptors (Lipinski definition) is 7. The quantitative estimate of drug-likeness (QED) is 0.710. The van der Waals surface area contributed by atoms with E-state index < -0.39 is 9.73 Å². The summed E-state index contributed by atoms with van der Waals surface area (Å²) in [4.78, 5) is 19.2. The number of benzene rings is 1. The van der Waals surface area contributed by atoms with Gasteiger partial charge in [-0.2, -0.15) is 13.7 Å². The number of amides is 1. The van der Waals surface area contributed by atoms with Crippen LogP contribution in [0.5, 0.6) is 0 Å². The van der Waals surface area contributed by atoms with Gasteiger partial charge in [-0.25, -0.2) is 4.21 Å². The molecule has 7 nitrogen and oxygen atoms in total. The van der Waals surface area contributed by atoms with Gasteiger partial charge in [0.15, 0.2) is 5.82 Å². The predicted molar refractivity (Wildman–Crippen MR) is 120 cm³/mol. The summed E-state index contributed by atoms with van der Waals surface area (Å²) in [5.41, 5.74) is 1.08. The third-order valence-corrected chi connectivity index (χ3v) is 8.51. The molecule has 2 atom stereocenters. The average molecular weight is 449 g/mol. The molecule has 2 aliphatic heterocycles. The molecule has 2 aliphatic rings. The number of carbonyl (C=O) groups excluding carboxylic acids is 1. The van der Waals surface area contributed by atoms with E-state index in [9.17, 15) is 9.00 Å². The third-order valence-electron chi connectivity index (χ3n) is 5.45. The van der Waals surface area contributed by atoms with Gasteiger partial charge < -0.3 is 9.64 Å². The second-order valence-corrected chi connectivity index (χ2v) is 12.1. The van der Waals surface area contributed by atoms with Gasteiger partial charge in [-0.15, -0.1) is 0 Å². The van der Waals surface area contributed by atoms with Crippen LogP contribution in [-0.4, -0.2) is 56.8 Å². The Morgan fingerprint density at radius 1 is 1.30 bits per heavy atom. The van der Waals surface area contributed by atoms with Gasteiger partial charge >= 0.3 is 0 Å². The van der Waals surface area contributed by atoms with E-state index in [0.717, 1.165) is 23.7 Å². The third kappa shape index (κ3) is 5.25. The summed E-state index contributed by atoms with van der Waals surface area (Å²) in [7, 11) is -2.55. The fraction of sp³-hybridized carbons (Fsp3) is 0.571. The van der Waals surface area contributed by atoms with Crippen LogP contribution in [0.4, 0.5) is 5.13 Å². The molecule has 2 saturated heterocycles. The highest BCUT2D eigenvalue weighted by molar-refractivity contribution is 7.93. The van der Waals surface area contributed by atoms with Gasteiger partial charge in [0.1, 0.15) is 0 Å². The molecule has 30 heavy (non-hydrogen) atoms. The molecule has 0 N–H and O–H groups in total. The Hall–Kier alpha value is -1.84. The number of aromatic nitrogens is 2. The Kier molecular flexibility index (Phi) is 6.22. The molecule has 0 saturated carbocycles. The molecular weight excluding hydrogens is 420 g/mol. The maximum atomic E-state index is 13.3. The minimum Gasteiger partial charge on any atom is -0.377 e. The molecule has 2 fully saturated rings. The lowest BCUT2D eigenvalue weighted by Gasteiger charge is -2.17. The van der Waals surface area contributed by atoms with Crippen LogP contribution in [0.25, 0.3) is 11.4 Å². The molecule has 2 aromatic rings. The second kappa shape index (κ2) is 8.72. The standard InChI is InChI=1S/C21H28N4O3S2/c1-21(2)14-17(28-15-21)13-18(26)24-30(27)11-6-9-25(10-12-30)20-22-19(23-29-20)16-7-4-3-5-8-16/h3-5,7-8,17H,6,9-15H2,1-2H3. The highest BCUT2D eigenvalue weighted by Gasteiger charge is 2.33. The average Bonchev–Trinajstić information content (AvgIpc) is 3.26. The fourth-order valence-electron chi connectivity index (χ4n) is 3.90. The summed E-state index contributed by atoms with van der Waals surface area (Å²) in [6.45, 7) is 6.22. The fourth-order valence-corrected chi connectivity index (χ4v) is 6.56. The summed E-state index contributed by atoms with van der Waals surface area (Å²) in [6.07, 6.45) is 1.66. The van der Waals surface area contributed by atoms with Crippen molar-refractivity contribution in [2.75, 3.05) is 36.1 Å². The van der Waals surface area contributed by atoms with Gasteiger partial charge in [0.05, 0.1) is 28.9 Å². The van der Waals surface area contributed by atoms with Crippen LogP contribution in [-0.2, 0) is 19.3 Å². The lowest BCUT2D eigenvalue weighted by atomic mass is 9.90. The lowest BCUT2D eigenvalue weighted by molar-refractivity contribution is -0.119. The molecule has 0 radical (unpaired) electrons. The van der Waals surface area contributed by atoms with Gasteiger partial charge in [0.2, 0.25) is 5.13 Å². The van der Waals surface area contributed by atoms with Crippen LogP contribution < -0.4 is 4.90 Å². The first-order chi connectivity index (χ1) is 14.3. The maximum Gasteiger partial charge on any atom is 0.256 e. The molecular formula is C21H28N4O3S2. The number of anilines is 1. The van der Waals surface area contributed by atoms with E-state index in [-0.39, 0.29) is 23.8 Å². The van der Waals surface area contributed by atoms with E-state index in [0.29, 0.717) is 36.9 Å². The zero-order valence-electron chi connectivity index (χ0n) is 17.5. The molecule has 2 unspecified atom stereocenters. The zero-order chi connectivity index (χ0) is 21.2. The minimum absolute atomic E-state index is 0.0934. The predicted octanol–water partition coefficient (Wildman–Crippen LogP) is 3.62. The largest absolute Gasteiger partial charge is 0.377 e. The first-order valence-corrected chi connectivity index (χ1v) is 13.0. The van der Waals surface area contributed by atoms with Crippen molar-refractivity contribution in [2.45, 2.75) is 39.2 Å². The van der Waals surface area contributed by atoms with Crippen molar-refractivity contribution in [1.82, 2.24) is 9.36 Å². The minimum atomic E-state index is -2.55. The molecule has 9 heteroatoms. The molecule has 1 aromatic heterocycles. The van der Waals surface area contributed by atoms with Crippen molar-refractivity contribution in [1.29, 1.82) is 0 Å². The molecule has 162 valence electrons. The van der Waals surface area contributed by atoms with Gasteiger partial charge in [-0.1, -0.05) is 44.2 Å². The maximum absolute atomic E-state index is 13.3. The van der Waals surface area contributed by atoms with Crippen molar-refractivity contribution >= 4 is 32.3 Å². The van der Waals surface area contributed by atoms with Crippen LogP contribution in [0.15, 0.2) is 34.7 Å². The first kappa shape index (κ1) is 21.4. The number of carbonyl (C=O) groups is 1. The Labute approximate surface area is 182 Å². The number of nitrogens with zero attached hydrogens (tertiary/aromatic N) is 4. The highest BCUT2D eigenvalue weighted by atomic mass is 32.2. The summed E-state index contributed by atoms with van der Waals surface area (Å²) in [5.74, 6) is 1.23. The van der Waals surface area contributed by atoms with Crippen LogP contribution in [0, 0.1) is 5.41 Å². The summed E-state index contributed by atoms with van der Waals surface area (Å²) in [5, 5.41) is 0.824. The molecule has 0 aliphatic carbocycles. The van der Waals surface area contributed by atoms with Gasteiger partial charge in [0.25, 0.3) is 5.91 Å². The second-order valence-electron chi connectivity index (χ2n) is 8.78. The summed E-state index contributed by atoms with van der Waals surface area (Å²) < 4.78 is 27.6. The summed E-state index contributed by atoms with van der Waals surface area (Å²) >= 11 is 1.35. The molecule has 1 amide bonds. The highest BCUT2D eigenvalue weighted by Crippen LogP contribution is 2.33. The van der Waals surface area contributed by atoms with Crippen LogP contribution in [0.1, 0.15) is 33.1 Å². The van der Waals surface area contributed by atoms with Crippen molar-refractivity contribution < 1.29 is 13.7 Å². The first-order valence-electron chi connectivity index (χ1n) is 10.3. The number of ether oxygens (including phenoxy) is 1. The van der Waals surface area contributed by atoms with E-state index in [2.05, 4.69) is 32.5 Å². The molecule has 4 rings (SSSR count). The van der Waals surface area contributed by atoms with Crippen LogP contribution >= 0.6 is 11.5 Å². The van der Waals surface area contributed by atoms with Crippen molar-refractivity contribution in [3.63, 3.8) is 0 Å². The topological polar surface area (TPSA) is 84.8 Å². The van der Waals surface area contributed by atoms with Gasteiger partial charge in [-0.05, 0) is 18.3 Å². The Morgan fingerprint density at radius 3 is 2.83 bits per heavy atom. The van der Waals surface area contributed by atoms with E-state index >= 15 is 0 Å². The molecule has 0 spiro atoms. The van der Waals surface area contributed by atoms with Crippen molar-refractivity contribution in [3.8, 4) is 11.4 Å². The van der Waals surface area contributed by atoms with E-state index in [1.165, 1.54) is 11.5 Å². The number of hydrogen-bond donors (Lipinski definition) is 0. The van der Waals surface area contributed by atoms with Gasteiger partial charge in [0, 0.05) is 41.7 Å². The molecule has 3 heterocycles. The number of rotatable bonds is 4. The normalized spacial score (nSPS) is 26.3. The monoisotopic (exact) mass is 448 g/mol. The SMILES string of the molecule is CC1(C)COC(CC(=O)N=S2(=O)CCCN(c3nc(-c4ccccc4)ns3)CC2)C1. The molecule has 0 bridgehead atoms. The van der Waals surface area contributed by atoms with Crippen LogP contribution in [0.2, 0.25) is 0 Å². The van der Waals surface area contributed by atoms with Crippen molar-refractivity contribution in [3.05, 3.63) is 30.3 Å². The zero-order valence-corrected chi connectivity index (χ0v) is 19.1. The Morgan fingerprint density at radius 2 is 2.10 bits per heavy atom. The Balaban J connectivity index is 1.40. The Bertz CT molecular complexity index is 1010. The summed E-state index contributed by atoms with van der Waals surface area (Å²) in [6, 6.07) is 9.87. The lowest BCUT2D eigenvalue weighted by Crippen LogP contribution is -2.26. The van der Waals surface area contributed by atoms with E-state index in [4.69, 9.17) is 4.74 Å². The van der Waals surface area contributed by atoms with Gasteiger partial charge in [-0.3, -0.25) is 4.79 Å². The van der Waals surface area contributed by atoms with Crippen molar-refractivity contribution in [2.24, 2.45) is 9.78 Å². The molecule has 1 aromatic carbocycles. The smallest absolute Gasteiger partial charge is 0.256 e.